The third-order valence-electron chi connectivity index (χ3n) is 4.42. The molecule has 0 atom stereocenters. The first-order valence-corrected chi connectivity index (χ1v) is 10.6. The Morgan fingerprint density at radius 3 is 2.08 bits per heavy atom. The van der Waals surface area contributed by atoms with E-state index in [4.69, 9.17) is 0 Å². The molecule has 122 valence electrons. The number of thiophene rings is 1. The molecule has 0 N–H and O–H groups in total. The maximum atomic E-state index is 3.61. The molecule has 0 radical (unpaired) electrons. The lowest BCUT2D eigenvalue weighted by atomic mass is 10.2. The van der Waals surface area contributed by atoms with Gasteiger partial charge in [-0.15, -0.1) is 11.3 Å². The fourth-order valence-corrected chi connectivity index (χ4v) is 4.79. The van der Waals surface area contributed by atoms with E-state index in [-0.39, 0.29) is 0 Å². The van der Waals surface area contributed by atoms with Crippen LogP contribution < -0.4 is 0 Å². The van der Waals surface area contributed by atoms with Crippen LogP contribution in [0.1, 0.15) is 17.7 Å². The van der Waals surface area contributed by atoms with E-state index in [1.54, 1.807) is 0 Å². The Morgan fingerprint density at radius 2 is 1.50 bits per heavy atom. The van der Waals surface area contributed by atoms with Gasteiger partial charge in [-0.05, 0) is 67.1 Å². The summed E-state index contributed by atoms with van der Waals surface area (Å²) in [6.07, 6.45) is 3.61. The molecule has 0 amide bonds. The number of halogens is 2. The van der Waals surface area contributed by atoms with Gasteiger partial charge in [0.15, 0.2) is 0 Å². The normalized spacial score (nSPS) is 11.6. The van der Waals surface area contributed by atoms with Crippen LogP contribution in [0.25, 0.3) is 21.8 Å². The molecule has 0 fully saturated rings. The quantitative estimate of drug-likeness (QED) is 0.272. The second-order valence-corrected chi connectivity index (χ2v) is 8.87. The molecule has 0 unspecified atom stereocenters. The van der Waals surface area contributed by atoms with Crippen LogP contribution in [0.3, 0.4) is 0 Å². The van der Waals surface area contributed by atoms with Gasteiger partial charge < -0.3 is 4.57 Å². The molecule has 4 heteroatoms. The van der Waals surface area contributed by atoms with Gasteiger partial charge in [-0.3, -0.25) is 0 Å². The van der Waals surface area contributed by atoms with Gasteiger partial charge in [0, 0.05) is 42.2 Å². The Labute approximate surface area is 162 Å². The third kappa shape index (κ3) is 3.19. The van der Waals surface area contributed by atoms with Crippen molar-refractivity contribution in [2.24, 2.45) is 0 Å². The minimum Gasteiger partial charge on any atom is -0.340 e. The summed E-state index contributed by atoms with van der Waals surface area (Å²) in [4.78, 5) is 1.49. The van der Waals surface area contributed by atoms with E-state index in [1.807, 2.05) is 11.3 Å². The summed E-state index contributed by atoms with van der Waals surface area (Å²) in [5.74, 6) is 0. The highest BCUT2D eigenvalue weighted by molar-refractivity contribution is 9.10. The predicted octanol–water partition coefficient (Wildman–Crippen LogP) is 7.40. The van der Waals surface area contributed by atoms with Crippen molar-refractivity contribution in [3.05, 3.63) is 67.7 Å². The second-order valence-electron chi connectivity index (χ2n) is 6.01. The van der Waals surface area contributed by atoms with Crippen LogP contribution in [0.5, 0.6) is 0 Å². The monoisotopic (exact) mass is 461 g/mol. The van der Waals surface area contributed by atoms with Crippen molar-refractivity contribution < 1.29 is 0 Å². The zero-order valence-corrected chi connectivity index (χ0v) is 17.1. The lowest BCUT2D eigenvalue weighted by molar-refractivity contribution is 0.639. The molecule has 24 heavy (non-hydrogen) atoms. The van der Waals surface area contributed by atoms with E-state index >= 15 is 0 Å². The first kappa shape index (κ1) is 16.4. The summed E-state index contributed by atoms with van der Waals surface area (Å²) in [5.41, 5.74) is 2.64. The van der Waals surface area contributed by atoms with Crippen LogP contribution in [-0.4, -0.2) is 4.57 Å². The van der Waals surface area contributed by atoms with Crippen molar-refractivity contribution in [2.75, 3.05) is 0 Å². The molecule has 4 aromatic rings. The van der Waals surface area contributed by atoms with Gasteiger partial charge in [0.2, 0.25) is 0 Å². The molecule has 0 saturated heterocycles. The smallest absolute Gasteiger partial charge is 0.0492 e. The number of fused-ring (bicyclic) bond motifs is 3. The molecule has 0 aliphatic carbocycles. The molecule has 0 bridgehead atoms. The minimum atomic E-state index is 1.06. The number of aromatic nitrogens is 1. The molecular formula is C20H17Br2NS. The van der Waals surface area contributed by atoms with Crippen molar-refractivity contribution in [3.63, 3.8) is 0 Å². The maximum absolute atomic E-state index is 3.61. The summed E-state index contributed by atoms with van der Waals surface area (Å²) in [6.45, 7) is 1.06. The van der Waals surface area contributed by atoms with Crippen LogP contribution in [0.15, 0.2) is 62.9 Å². The number of rotatable bonds is 5. The highest BCUT2D eigenvalue weighted by atomic mass is 79.9. The van der Waals surface area contributed by atoms with Crippen LogP contribution >= 0.6 is 43.2 Å². The number of unbranched alkanes of at least 4 members (excludes halogenated alkanes) is 1. The Balaban J connectivity index is 1.65. The van der Waals surface area contributed by atoms with Gasteiger partial charge in [0.25, 0.3) is 0 Å². The zero-order chi connectivity index (χ0) is 16.5. The fraction of sp³-hybridized carbons (Fsp3) is 0.200. The predicted molar refractivity (Wildman–Crippen MR) is 112 cm³/mol. The topological polar surface area (TPSA) is 4.93 Å². The molecular weight excluding hydrogens is 446 g/mol. The van der Waals surface area contributed by atoms with Gasteiger partial charge in [-0.25, -0.2) is 0 Å². The lowest BCUT2D eigenvalue weighted by Gasteiger charge is -2.07. The van der Waals surface area contributed by atoms with E-state index in [9.17, 15) is 0 Å². The number of hydrogen-bond donors (Lipinski definition) is 0. The van der Waals surface area contributed by atoms with Gasteiger partial charge in [0.05, 0.1) is 0 Å². The van der Waals surface area contributed by atoms with Gasteiger partial charge >= 0.3 is 0 Å². The van der Waals surface area contributed by atoms with Crippen LogP contribution in [-0.2, 0) is 13.0 Å². The summed E-state index contributed by atoms with van der Waals surface area (Å²) in [5, 5.41) is 4.80. The Morgan fingerprint density at radius 1 is 0.833 bits per heavy atom. The van der Waals surface area contributed by atoms with E-state index < -0.39 is 0 Å². The number of aryl methyl sites for hydroxylation is 2. The van der Waals surface area contributed by atoms with Crippen molar-refractivity contribution in [1.29, 1.82) is 0 Å². The molecule has 0 aliphatic heterocycles. The highest BCUT2D eigenvalue weighted by Gasteiger charge is 2.11. The first-order chi connectivity index (χ1) is 11.7. The molecule has 0 saturated carbocycles. The largest absolute Gasteiger partial charge is 0.340 e. The summed E-state index contributed by atoms with van der Waals surface area (Å²) in [7, 11) is 0. The highest BCUT2D eigenvalue weighted by Crippen LogP contribution is 2.33. The minimum absolute atomic E-state index is 1.06. The number of nitrogens with zero attached hydrogens (tertiary/aromatic N) is 1. The van der Waals surface area contributed by atoms with E-state index in [2.05, 4.69) is 90.3 Å². The third-order valence-corrected chi connectivity index (χ3v) is 6.35. The van der Waals surface area contributed by atoms with Crippen molar-refractivity contribution >= 4 is 65.0 Å². The number of hydrogen-bond acceptors (Lipinski definition) is 1. The molecule has 0 aliphatic rings. The van der Waals surface area contributed by atoms with Crippen LogP contribution in [0.4, 0.5) is 0 Å². The molecule has 2 aromatic carbocycles. The van der Waals surface area contributed by atoms with Crippen molar-refractivity contribution in [3.8, 4) is 0 Å². The fourth-order valence-electron chi connectivity index (χ4n) is 3.31. The SMILES string of the molecule is Brc1ccc2c(c1)c1cc(Br)ccc1n2CCCCc1cccs1. The maximum Gasteiger partial charge on any atom is 0.0492 e. The number of benzene rings is 2. The average molecular weight is 463 g/mol. The summed E-state index contributed by atoms with van der Waals surface area (Å²) >= 11 is 9.09. The van der Waals surface area contributed by atoms with Gasteiger partial charge in [0.1, 0.15) is 0 Å². The molecule has 2 heterocycles. The zero-order valence-electron chi connectivity index (χ0n) is 13.1. The average Bonchev–Trinajstić information content (AvgIpc) is 3.18. The van der Waals surface area contributed by atoms with E-state index in [1.165, 1.54) is 45.9 Å². The van der Waals surface area contributed by atoms with E-state index in [0.717, 1.165) is 15.5 Å². The second kappa shape index (κ2) is 7.03. The molecule has 4 rings (SSSR count). The van der Waals surface area contributed by atoms with Crippen LogP contribution in [0.2, 0.25) is 0 Å². The van der Waals surface area contributed by atoms with Crippen LogP contribution in [0, 0.1) is 0 Å². The van der Waals surface area contributed by atoms with E-state index in [0.29, 0.717) is 0 Å². The Kier molecular flexibility index (Phi) is 4.79. The van der Waals surface area contributed by atoms with Gasteiger partial charge in [-0.1, -0.05) is 37.9 Å². The molecule has 2 aromatic heterocycles. The molecule has 0 spiro atoms. The summed E-state index contributed by atoms with van der Waals surface area (Å²) in [6, 6.07) is 17.6. The van der Waals surface area contributed by atoms with Gasteiger partial charge in [-0.2, -0.15) is 0 Å². The molecule has 1 nitrogen and oxygen atoms in total. The Bertz CT molecular complexity index is 927. The van der Waals surface area contributed by atoms with Crippen molar-refractivity contribution in [2.45, 2.75) is 25.8 Å². The standard InChI is InChI=1S/C20H17Br2NS/c21-14-6-8-19-17(12-14)18-13-15(22)7-9-20(18)23(19)10-2-1-4-16-5-3-11-24-16/h3,5-9,11-13H,1-2,4,10H2. The lowest BCUT2D eigenvalue weighted by Crippen LogP contribution is -1.98. The Hall–Kier alpha value is -1.10. The first-order valence-electron chi connectivity index (χ1n) is 8.12. The summed E-state index contributed by atoms with van der Waals surface area (Å²) < 4.78 is 4.73. The van der Waals surface area contributed by atoms with Crippen molar-refractivity contribution in [1.82, 2.24) is 4.57 Å².